The number of aryl methyl sites for hydroxylation is 1. The lowest BCUT2D eigenvalue weighted by molar-refractivity contribution is 0.0951. The van der Waals surface area contributed by atoms with E-state index in [0.717, 1.165) is 22.0 Å². The molecule has 0 atom stereocenters. The number of hydrogen-bond acceptors (Lipinski definition) is 4. The van der Waals surface area contributed by atoms with Gasteiger partial charge in [-0.1, -0.05) is 30.0 Å². The molecule has 1 aromatic carbocycles. The van der Waals surface area contributed by atoms with Gasteiger partial charge in [0, 0.05) is 49.7 Å². The summed E-state index contributed by atoms with van der Waals surface area (Å²) in [6, 6.07) is 11.5. The number of rotatable bonds is 6. The molecule has 24 heavy (non-hydrogen) atoms. The van der Waals surface area contributed by atoms with Crippen LogP contribution in [0.4, 0.5) is 0 Å². The van der Waals surface area contributed by atoms with Crippen LogP contribution >= 0.6 is 11.8 Å². The first-order valence-corrected chi connectivity index (χ1v) is 8.57. The molecule has 0 aliphatic heterocycles. The Hall–Kier alpha value is -2.60. The van der Waals surface area contributed by atoms with Crippen LogP contribution in [0.25, 0.3) is 0 Å². The summed E-state index contributed by atoms with van der Waals surface area (Å²) in [5.74, 6) is 0.692. The van der Waals surface area contributed by atoms with Crippen LogP contribution in [0.15, 0.2) is 66.3 Å². The first-order chi connectivity index (χ1) is 11.7. The largest absolute Gasteiger partial charge is 0.348 e. The maximum Gasteiger partial charge on any atom is 0.251 e. The van der Waals surface area contributed by atoms with Crippen molar-refractivity contribution >= 4 is 17.7 Å². The summed E-state index contributed by atoms with van der Waals surface area (Å²) in [5.41, 5.74) is 2.74. The number of carbonyl (C=O) groups is 1. The molecule has 2 aromatic heterocycles. The van der Waals surface area contributed by atoms with Gasteiger partial charge in [-0.2, -0.15) is 0 Å². The van der Waals surface area contributed by atoms with Gasteiger partial charge in [-0.15, -0.1) is 0 Å². The molecule has 122 valence electrons. The highest BCUT2D eigenvalue weighted by Crippen LogP contribution is 2.21. The van der Waals surface area contributed by atoms with E-state index < -0.39 is 0 Å². The zero-order valence-electron chi connectivity index (χ0n) is 13.3. The summed E-state index contributed by atoms with van der Waals surface area (Å²) in [5, 5.41) is 3.88. The van der Waals surface area contributed by atoms with Crippen molar-refractivity contribution in [2.45, 2.75) is 17.5 Å². The van der Waals surface area contributed by atoms with E-state index in [9.17, 15) is 4.79 Å². The number of thioether (sulfide) groups is 1. The number of pyridine rings is 1. The number of nitrogens with zero attached hydrogens (tertiary/aromatic N) is 3. The minimum atomic E-state index is -0.0808. The Morgan fingerprint density at radius 3 is 2.83 bits per heavy atom. The molecule has 0 saturated carbocycles. The zero-order chi connectivity index (χ0) is 16.8. The van der Waals surface area contributed by atoms with E-state index in [4.69, 9.17) is 0 Å². The van der Waals surface area contributed by atoms with Crippen molar-refractivity contribution in [2.75, 3.05) is 0 Å². The van der Waals surface area contributed by atoms with Gasteiger partial charge in [-0.05, 0) is 29.3 Å². The molecule has 2 heterocycles. The molecule has 0 bridgehead atoms. The van der Waals surface area contributed by atoms with E-state index in [1.54, 1.807) is 30.4 Å². The Morgan fingerprint density at radius 1 is 1.21 bits per heavy atom. The Morgan fingerprint density at radius 2 is 2.08 bits per heavy atom. The van der Waals surface area contributed by atoms with Crippen molar-refractivity contribution in [3.8, 4) is 0 Å². The fraction of sp³-hybridized carbons (Fsp3) is 0.167. The summed E-state index contributed by atoms with van der Waals surface area (Å²) in [6.07, 6.45) is 7.17. The molecule has 1 N–H and O–H groups in total. The van der Waals surface area contributed by atoms with Gasteiger partial charge in [0.25, 0.3) is 5.91 Å². The number of carbonyl (C=O) groups excluding carboxylic acids is 1. The second-order valence-corrected chi connectivity index (χ2v) is 6.30. The molecule has 0 saturated heterocycles. The van der Waals surface area contributed by atoms with Crippen LogP contribution in [0.1, 0.15) is 21.5 Å². The third kappa shape index (κ3) is 4.23. The van der Waals surface area contributed by atoms with E-state index in [1.807, 2.05) is 54.2 Å². The van der Waals surface area contributed by atoms with Crippen LogP contribution in [-0.2, 0) is 19.3 Å². The van der Waals surface area contributed by atoms with Crippen molar-refractivity contribution < 1.29 is 4.79 Å². The number of amides is 1. The van der Waals surface area contributed by atoms with Crippen molar-refractivity contribution in [1.29, 1.82) is 0 Å². The topological polar surface area (TPSA) is 59.8 Å². The predicted molar refractivity (Wildman–Crippen MR) is 94.6 cm³/mol. The van der Waals surface area contributed by atoms with Crippen LogP contribution in [-0.4, -0.2) is 20.4 Å². The molecule has 0 aliphatic rings. The molecular formula is C18H18N4OS. The van der Waals surface area contributed by atoms with Crippen LogP contribution in [0.2, 0.25) is 0 Å². The summed E-state index contributed by atoms with van der Waals surface area (Å²) in [4.78, 5) is 20.6. The average Bonchev–Trinajstić information content (AvgIpc) is 3.04. The third-order valence-corrected chi connectivity index (χ3v) is 4.64. The quantitative estimate of drug-likeness (QED) is 0.702. The maximum absolute atomic E-state index is 12.3. The molecule has 0 aliphatic carbocycles. The normalized spacial score (nSPS) is 10.5. The minimum Gasteiger partial charge on any atom is -0.348 e. The smallest absolute Gasteiger partial charge is 0.251 e. The summed E-state index contributed by atoms with van der Waals surface area (Å²) in [6.45, 7) is 0.471. The lowest BCUT2D eigenvalue weighted by atomic mass is 10.1. The van der Waals surface area contributed by atoms with E-state index in [0.29, 0.717) is 12.1 Å². The number of hydrogen-bond donors (Lipinski definition) is 1. The van der Waals surface area contributed by atoms with Crippen molar-refractivity contribution in [3.05, 3.63) is 77.9 Å². The fourth-order valence-corrected chi connectivity index (χ4v) is 3.10. The molecule has 5 nitrogen and oxygen atoms in total. The Labute approximate surface area is 145 Å². The molecule has 0 fully saturated rings. The molecule has 0 unspecified atom stereocenters. The van der Waals surface area contributed by atoms with Gasteiger partial charge in [0.2, 0.25) is 0 Å². The highest BCUT2D eigenvalue weighted by atomic mass is 32.2. The van der Waals surface area contributed by atoms with Gasteiger partial charge in [-0.25, -0.2) is 4.98 Å². The Balaban J connectivity index is 1.60. The number of nitrogens with one attached hydrogen (secondary N) is 1. The predicted octanol–water partition coefficient (Wildman–Crippen LogP) is 3.04. The molecule has 0 spiro atoms. The second-order valence-electron chi connectivity index (χ2n) is 5.35. The second kappa shape index (κ2) is 7.79. The SMILES string of the molecule is Cn1ccnc1SCc1cccc(C(=O)NCc2cccnc2)c1. The summed E-state index contributed by atoms with van der Waals surface area (Å²) >= 11 is 1.65. The van der Waals surface area contributed by atoms with E-state index in [2.05, 4.69) is 15.3 Å². The van der Waals surface area contributed by atoms with Gasteiger partial charge in [0.15, 0.2) is 5.16 Å². The molecular weight excluding hydrogens is 320 g/mol. The third-order valence-electron chi connectivity index (χ3n) is 3.51. The molecule has 1 amide bonds. The van der Waals surface area contributed by atoms with Crippen molar-refractivity contribution in [2.24, 2.45) is 7.05 Å². The van der Waals surface area contributed by atoms with Crippen LogP contribution in [0, 0.1) is 0 Å². The highest BCUT2D eigenvalue weighted by Gasteiger charge is 2.07. The summed E-state index contributed by atoms with van der Waals surface area (Å²) < 4.78 is 1.98. The first kappa shape index (κ1) is 16.3. The lowest BCUT2D eigenvalue weighted by Crippen LogP contribution is -2.22. The zero-order valence-corrected chi connectivity index (χ0v) is 14.2. The van der Waals surface area contributed by atoms with E-state index in [1.165, 1.54) is 0 Å². The summed E-state index contributed by atoms with van der Waals surface area (Å²) in [7, 11) is 1.97. The number of imidazole rings is 1. The average molecular weight is 338 g/mol. The molecule has 0 radical (unpaired) electrons. The van der Waals surface area contributed by atoms with Gasteiger partial charge >= 0.3 is 0 Å². The number of benzene rings is 1. The van der Waals surface area contributed by atoms with E-state index >= 15 is 0 Å². The standard InChI is InChI=1S/C18H18N4OS/c1-22-9-8-20-18(22)24-13-14-4-2-6-16(10-14)17(23)21-12-15-5-3-7-19-11-15/h2-11H,12-13H2,1H3,(H,21,23). The Kier molecular flexibility index (Phi) is 5.28. The number of aromatic nitrogens is 3. The van der Waals surface area contributed by atoms with Crippen molar-refractivity contribution in [1.82, 2.24) is 19.9 Å². The monoisotopic (exact) mass is 338 g/mol. The van der Waals surface area contributed by atoms with Crippen LogP contribution in [0.5, 0.6) is 0 Å². The fourth-order valence-electron chi connectivity index (χ4n) is 2.23. The molecule has 6 heteroatoms. The minimum absolute atomic E-state index is 0.0808. The molecule has 3 aromatic rings. The lowest BCUT2D eigenvalue weighted by Gasteiger charge is -2.07. The molecule has 3 rings (SSSR count). The van der Waals surface area contributed by atoms with Gasteiger partial charge in [0.1, 0.15) is 0 Å². The maximum atomic E-state index is 12.3. The first-order valence-electron chi connectivity index (χ1n) is 7.58. The van der Waals surface area contributed by atoms with Crippen LogP contribution in [0.3, 0.4) is 0 Å². The van der Waals surface area contributed by atoms with Gasteiger partial charge in [-0.3, -0.25) is 9.78 Å². The van der Waals surface area contributed by atoms with E-state index in [-0.39, 0.29) is 5.91 Å². The van der Waals surface area contributed by atoms with Crippen molar-refractivity contribution in [3.63, 3.8) is 0 Å². The van der Waals surface area contributed by atoms with Gasteiger partial charge in [0.05, 0.1) is 0 Å². The highest BCUT2D eigenvalue weighted by molar-refractivity contribution is 7.98. The Bertz CT molecular complexity index is 817. The van der Waals surface area contributed by atoms with Gasteiger partial charge < -0.3 is 9.88 Å². The van der Waals surface area contributed by atoms with Crippen LogP contribution < -0.4 is 5.32 Å².